The van der Waals surface area contributed by atoms with Gasteiger partial charge in [-0.1, -0.05) is 24.3 Å². The molecule has 0 saturated carbocycles. The molecule has 4 heteroatoms. The molecule has 0 saturated heterocycles. The minimum absolute atomic E-state index is 0.198. The molecule has 0 aliphatic heterocycles. The first-order valence-corrected chi connectivity index (χ1v) is 6.13. The fraction of sp³-hybridized carbons (Fsp3) is 0.0667. The van der Waals surface area contributed by atoms with Crippen LogP contribution in [-0.4, -0.2) is 4.98 Å². The van der Waals surface area contributed by atoms with E-state index in [4.69, 9.17) is 0 Å². The number of H-pyrrole nitrogens is 1. The number of hydrogen-bond donors (Lipinski definition) is 3. The number of aromatic nitrogens is 1. The summed E-state index contributed by atoms with van der Waals surface area (Å²) < 4.78 is 13.5. The topological polar surface area (TPSA) is 39.8 Å². The van der Waals surface area contributed by atoms with Gasteiger partial charge in [-0.3, -0.25) is 0 Å². The molecule has 3 nitrogen and oxygen atoms in total. The SMILES string of the molecule is Fc1ccc(CNNc2ccccc2)c2[nH]ccc12. The third-order valence-corrected chi connectivity index (χ3v) is 3.04. The van der Waals surface area contributed by atoms with Crippen molar-refractivity contribution in [2.75, 3.05) is 5.43 Å². The Balaban J connectivity index is 1.72. The van der Waals surface area contributed by atoms with Gasteiger partial charge >= 0.3 is 0 Å². The number of anilines is 1. The summed E-state index contributed by atoms with van der Waals surface area (Å²) in [7, 11) is 0. The fourth-order valence-corrected chi connectivity index (χ4v) is 2.09. The highest BCUT2D eigenvalue weighted by molar-refractivity contribution is 5.83. The number of halogens is 1. The van der Waals surface area contributed by atoms with Gasteiger partial charge in [0.1, 0.15) is 5.82 Å². The maximum atomic E-state index is 13.5. The van der Waals surface area contributed by atoms with Crippen LogP contribution in [0.3, 0.4) is 0 Å². The van der Waals surface area contributed by atoms with Crippen molar-refractivity contribution >= 4 is 16.6 Å². The molecule has 0 unspecified atom stereocenters. The first-order chi connectivity index (χ1) is 9.34. The molecule has 3 aromatic rings. The van der Waals surface area contributed by atoms with Crippen molar-refractivity contribution in [3.05, 3.63) is 66.1 Å². The summed E-state index contributed by atoms with van der Waals surface area (Å²) in [5.74, 6) is -0.198. The Kier molecular flexibility index (Phi) is 3.16. The van der Waals surface area contributed by atoms with E-state index in [0.29, 0.717) is 11.9 Å². The maximum absolute atomic E-state index is 13.5. The molecule has 1 aromatic heterocycles. The molecular weight excluding hydrogens is 241 g/mol. The highest BCUT2D eigenvalue weighted by Gasteiger charge is 2.06. The third-order valence-electron chi connectivity index (χ3n) is 3.04. The van der Waals surface area contributed by atoms with E-state index in [1.54, 1.807) is 18.3 Å². The van der Waals surface area contributed by atoms with Crippen LogP contribution in [0.15, 0.2) is 54.7 Å². The second-order valence-corrected chi connectivity index (χ2v) is 4.32. The Morgan fingerprint density at radius 2 is 1.84 bits per heavy atom. The lowest BCUT2D eigenvalue weighted by Crippen LogP contribution is -2.20. The molecule has 3 N–H and O–H groups in total. The van der Waals surface area contributed by atoms with Crippen molar-refractivity contribution < 1.29 is 4.39 Å². The highest BCUT2D eigenvalue weighted by Crippen LogP contribution is 2.20. The second-order valence-electron chi connectivity index (χ2n) is 4.32. The van der Waals surface area contributed by atoms with E-state index in [-0.39, 0.29) is 5.82 Å². The zero-order chi connectivity index (χ0) is 13.1. The molecule has 0 amide bonds. The standard InChI is InChI=1S/C15H14FN3/c16-14-7-6-11(15-13(14)8-9-17-15)10-18-19-12-4-2-1-3-5-12/h1-9,17-19H,10H2. The van der Waals surface area contributed by atoms with Crippen LogP contribution < -0.4 is 10.9 Å². The summed E-state index contributed by atoms with van der Waals surface area (Å²) in [6, 6.07) is 14.9. The van der Waals surface area contributed by atoms with Gasteiger partial charge in [0, 0.05) is 23.8 Å². The molecule has 2 aromatic carbocycles. The van der Waals surface area contributed by atoms with E-state index in [1.165, 1.54) is 6.07 Å². The quantitative estimate of drug-likeness (QED) is 0.625. The average molecular weight is 255 g/mol. The zero-order valence-corrected chi connectivity index (χ0v) is 10.3. The highest BCUT2D eigenvalue weighted by atomic mass is 19.1. The van der Waals surface area contributed by atoms with E-state index >= 15 is 0 Å². The van der Waals surface area contributed by atoms with Crippen molar-refractivity contribution in [2.45, 2.75) is 6.54 Å². The molecule has 3 rings (SSSR count). The van der Waals surface area contributed by atoms with Crippen molar-refractivity contribution in [1.82, 2.24) is 10.4 Å². The summed E-state index contributed by atoms with van der Waals surface area (Å²) in [4.78, 5) is 3.07. The van der Waals surface area contributed by atoms with Crippen molar-refractivity contribution in [1.29, 1.82) is 0 Å². The molecule has 0 aliphatic carbocycles. The first-order valence-electron chi connectivity index (χ1n) is 6.13. The minimum Gasteiger partial charge on any atom is -0.361 e. The number of benzene rings is 2. The normalized spacial score (nSPS) is 10.8. The molecule has 0 radical (unpaired) electrons. The summed E-state index contributed by atoms with van der Waals surface area (Å²) in [6.45, 7) is 0.603. The minimum atomic E-state index is -0.198. The number of fused-ring (bicyclic) bond motifs is 1. The lowest BCUT2D eigenvalue weighted by Gasteiger charge is -2.09. The fourth-order valence-electron chi connectivity index (χ4n) is 2.09. The number of para-hydroxylation sites is 1. The van der Waals surface area contributed by atoms with Crippen molar-refractivity contribution in [2.24, 2.45) is 0 Å². The van der Waals surface area contributed by atoms with Crippen LogP contribution in [0.2, 0.25) is 0 Å². The largest absolute Gasteiger partial charge is 0.361 e. The van der Waals surface area contributed by atoms with Gasteiger partial charge in [0.25, 0.3) is 0 Å². The molecule has 0 spiro atoms. The van der Waals surface area contributed by atoms with Crippen LogP contribution >= 0.6 is 0 Å². The predicted molar refractivity (Wildman–Crippen MR) is 75.2 cm³/mol. The van der Waals surface area contributed by atoms with Gasteiger partial charge in [-0.05, 0) is 29.8 Å². The third kappa shape index (κ3) is 2.44. The predicted octanol–water partition coefficient (Wildman–Crippen LogP) is 3.42. The van der Waals surface area contributed by atoms with Crippen LogP contribution in [0.5, 0.6) is 0 Å². The number of aromatic amines is 1. The van der Waals surface area contributed by atoms with E-state index in [0.717, 1.165) is 16.8 Å². The lowest BCUT2D eigenvalue weighted by molar-refractivity contribution is 0.639. The monoisotopic (exact) mass is 255 g/mol. The van der Waals surface area contributed by atoms with Crippen molar-refractivity contribution in [3.8, 4) is 0 Å². The van der Waals surface area contributed by atoms with E-state index in [2.05, 4.69) is 15.8 Å². The molecule has 96 valence electrons. The van der Waals surface area contributed by atoms with Gasteiger partial charge in [-0.2, -0.15) is 0 Å². The molecule has 19 heavy (non-hydrogen) atoms. The number of hydrazine groups is 1. The van der Waals surface area contributed by atoms with Crippen LogP contribution in [0, 0.1) is 5.82 Å². The van der Waals surface area contributed by atoms with Gasteiger partial charge in [-0.15, -0.1) is 0 Å². The zero-order valence-electron chi connectivity index (χ0n) is 10.3. The second kappa shape index (κ2) is 5.12. The van der Waals surface area contributed by atoms with Crippen LogP contribution in [0.25, 0.3) is 10.9 Å². The molecular formula is C15H14FN3. The molecule has 0 bridgehead atoms. The molecule has 1 heterocycles. The summed E-state index contributed by atoms with van der Waals surface area (Å²) in [5, 5.41) is 0.624. The Morgan fingerprint density at radius 1 is 1.00 bits per heavy atom. The summed E-state index contributed by atoms with van der Waals surface area (Å²) in [6.07, 6.45) is 1.75. The van der Waals surface area contributed by atoms with Gasteiger partial charge in [0.05, 0.1) is 5.52 Å². The summed E-state index contributed by atoms with van der Waals surface area (Å²) >= 11 is 0. The van der Waals surface area contributed by atoms with E-state index < -0.39 is 0 Å². The molecule has 0 fully saturated rings. The molecule has 0 aliphatic rings. The number of hydrogen-bond acceptors (Lipinski definition) is 2. The van der Waals surface area contributed by atoms with Crippen LogP contribution in [-0.2, 0) is 6.54 Å². The lowest BCUT2D eigenvalue weighted by atomic mass is 10.1. The Bertz CT molecular complexity index is 676. The van der Waals surface area contributed by atoms with Crippen LogP contribution in [0.4, 0.5) is 10.1 Å². The van der Waals surface area contributed by atoms with Crippen molar-refractivity contribution in [3.63, 3.8) is 0 Å². The Labute approximate surface area is 110 Å². The van der Waals surface area contributed by atoms with Gasteiger partial charge in [0.2, 0.25) is 0 Å². The number of nitrogens with one attached hydrogen (secondary N) is 3. The van der Waals surface area contributed by atoms with Crippen LogP contribution in [0.1, 0.15) is 5.56 Å². The number of rotatable bonds is 4. The smallest absolute Gasteiger partial charge is 0.132 e. The van der Waals surface area contributed by atoms with E-state index in [1.807, 2.05) is 30.3 Å². The van der Waals surface area contributed by atoms with E-state index in [9.17, 15) is 4.39 Å². The van der Waals surface area contributed by atoms with Gasteiger partial charge in [-0.25, -0.2) is 9.82 Å². The van der Waals surface area contributed by atoms with Gasteiger partial charge in [0.15, 0.2) is 0 Å². The Morgan fingerprint density at radius 3 is 2.68 bits per heavy atom. The van der Waals surface area contributed by atoms with Gasteiger partial charge < -0.3 is 10.4 Å². The Hall–Kier alpha value is -2.33. The summed E-state index contributed by atoms with van der Waals surface area (Å²) in [5.41, 5.74) is 9.08. The first kappa shape index (κ1) is 11.7. The maximum Gasteiger partial charge on any atom is 0.132 e. The average Bonchev–Trinajstić information content (AvgIpc) is 2.93. The molecule has 0 atom stereocenters.